The quantitative estimate of drug-likeness (QED) is 0.847. The fourth-order valence-corrected chi connectivity index (χ4v) is 2.37. The SMILES string of the molecule is CC(C)N(CCNc1ncc(Br)cc1N)C(C)C. The zero-order valence-electron chi connectivity index (χ0n) is 11.6. The summed E-state index contributed by atoms with van der Waals surface area (Å²) in [6, 6.07) is 2.95. The third kappa shape index (κ3) is 4.46. The van der Waals surface area contributed by atoms with Crippen molar-refractivity contribution in [1.29, 1.82) is 0 Å². The lowest BCUT2D eigenvalue weighted by Gasteiger charge is -2.30. The number of nitrogens with one attached hydrogen (secondary N) is 1. The first-order valence-electron chi connectivity index (χ1n) is 6.32. The molecule has 1 aromatic rings. The molecule has 0 aliphatic heterocycles. The number of nitrogens with two attached hydrogens (primary N) is 1. The number of nitrogens with zero attached hydrogens (tertiary/aromatic N) is 2. The lowest BCUT2D eigenvalue weighted by Crippen LogP contribution is -2.40. The summed E-state index contributed by atoms with van der Waals surface area (Å²) < 4.78 is 0.900. The summed E-state index contributed by atoms with van der Waals surface area (Å²) in [6.45, 7) is 10.7. The van der Waals surface area contributed by atoms with E-state index in [9.17, 15) is 0 Å². The van der Waals surface area contributed by atoms with E-state index in [1.54, 1.807) is 6.20 Å². The van der Waals surface area contributed by atoms with E-state index in [0.717, 1.165) is 23.4 Å². The molecule has 1 aromatic heterocycles. The molecule has 1 rings (SSSR count). The van der Waals surface area contributed by atoms with Crippen molar-refractivity contribution < 1.29 is 0 Å². The second kappa shape index (κ2) is 6.95. The van der Waals surface area contributed by atoms with E-state index < -0.39 is 0 Å². The number of hydrogen-bond acceptors (Lipinski definition) is 4. The Bertz CT molecular complexity index is 371. The first kappa shape index (κ1) is 15.2. The predicted molar refractivity (Wildman–Crippen MR) is 81.8 cm³/mol. The number of pyridine rings is 1. The monoisotopic (exact) mass is 314 g/mol. The molecule has 0 fully saturated rings. The molecule has 0 atom stereocenters. The molecule has 0 aliphatic carbocycles. The number of hydrogen-bond donors (Lipinski definition) is 2. The highest BCUT2D eigenvalue weighted by Crippen LogP contribution is 2.19. The standard InChI is InChI=1S/C13H23BrN4/c1-9(2)18(10(3)4)6-5-16-13-12(15)7-11(14)8-17-13/h7-10H,5-6,15H2,1-4H3,(H,16,17). The fourth-order valence-electron chi connectivity index (χ4n) is 2.02. The van der Waals surface area contributed by atoms with Gasteiger partial charge in [0, 0.05) is 35.8 Å². The summed E-state index contributed by atoms with van der Waals surface area (Å²) in [7, 11) is 0. The van der Waals surface area contributed by atoms with Crippen molar-refractivity contribution in [2.24, 2.45) is 0 Å². The van der Waals surface area contributed by atoms with Gasteiger partial charge in [0.15, 0.2) is 0 Å². The average molecular weight is 315 g/mol. The molecule has 0 aliphatic rings. The Labute approximate surface area is 118 Å². The maximum atomic E-state index is 5.89. The van der Waals surface area contributed by atoms with Gasteiger partial charge in [-0.2, -0.15) is 0 Å². The Hall–Kier alpha value is -0.810. The summed E-state index contributed by atoms with van der Waals surface area (Å²) in [5.41, 5.74) is 6.56. The van der Waals surface area contributed by atoms with Gasteiger partial charge in [0.2, 0.25) is 0 Å². The molecule has 0 saturated heterocycles. The maximum Gasteiger partial charge on any atom is 0.149 e. The second-order valence-electron chi connectivity index (χ2n) is 4.94. The number of rotatable bonds is 6. The Morgan fingerprint density at radius 2 is 1.94 bits per heavy atom. The van der Waals surface area contributed by atoms with Gasteiger partial charge in [-0.05, 0) is 49.7 Å². The van der Waals surface area contributed by atoms with Gasteiger partial charge < -0.3 is 11.1 Å². The molecule has 18 heavy (non-hydrogen) atoms. The third-order valence-corrected chi connectivity index (χ3v) is 3.31. The Kier molecular flexibility index (Phi) is 5.88. The summed E-state index contributed by atoms with van der Waals surface area (Å²) >= 11 is 3.35. The van der Waals surface area contributed by atoms with E-state index in [-0.39, 0.29) is 0 Å². The normalized spacial score (nSPS) is 11.6. The highest BCUT2D eigenvalue weighted by Gasteiger charge is 2.12. The van der Waals surface area contributed by atoms with Crippen molar-refractivity contribution in [2.75, 3.05) is 24.1 Å². The number of aromatic nitrogens is 1. The molecule has 5 heteroatoms. The molecule has 0 aromatic carbocycles. The van der Waals surface area contributed by atoms with Crippen LogP contribution in [0.2, 0.25) is 0 Å². The minimum atomic E-state index is 0.544. The molecule has 102 valence electrons. The number of nitrogen functional groups attached to an aromatic ring is 1. The first-order chi connectivity index (χ1) is 8.41. The third-order valence-electron chi connectivity index (χ3n) is 2.87. The van der Waals surface area contributed by atoms with Crippen LogP contribution < -0.4 is 11.1 Å². The smallest absolute Gasteiger partial charge is 0.149 e. The van der Waals surface area contributed by atoms with E-state index in [1.165, 1.54) is 0 Å². The lowest BCUT2D eigenvalue weighted by molar-refractivity contribution is 0.182. The Balaban J connectivity index is 2.50. The minimum absolute atomic E-state index is 0.544. The number of anilines is 2. The predicted octanol–water partition coefficient (Wildman–Crippen LogP) is 2.96. The van der Waals surface area contributed by atoms with Crippen LogP contribution in [0.4, 0.5) is 11.5 Å². The lowest BCUT2D eigenvalue weighted by atomic mass is 10.2. The summed E-state index contributed by atoms with van der Waals surface area (Å²) in [5.74, 6) is 0.755. The average Bonchev–Trinajstić information content (AvgIpc) is 2.25. The van der Waals surface area contributed by atoms with Gasteiger partial charge in [-0.1, -0.05) is 0 Å². The molecule has 0 spiro atoms. The van der Waals surface area contributed by atoms with Crippen LogP contribution in [0.25, 0.3) is 0 Å². The van der Waals surface area contributed by atoms with Crippen LogP contribution in [0.15, 0.2) is 16.7 Å². The van der Waals surface area contributed by atoms with Crippen molar-refractivity contribution in [2.45, 2.75) is 39.8 Å². The van der Waals surface area contributed by atoms with E-state index >= 15 is 0 Å². The summed E-state index contributed by atoms with van der Waals surface area (Å²) in [5, 5.41) is 3.28. The largest absolute Gasteiger partial charge is 0.396 e. The molecule has 3 N–H and O–H groups in total. The van der Waals surface area contributed by atoms with Gasteiger partial charge in [0.25, 0.3) is 0 Å². The van der Waals surface area contributed by atoms with E-state index in [1.807, 2.05) is 6.07 Å². The topological polar surface area (TPSA) is 54.2 Å². The van der Waals surface area contributed by atoms with Crippen molar-refractivity contribution in [3.05, 3.63) is 16.7 Å². The first-order valence-corrected chi connectivity index (χ1v) is 7.11. The highest BCUT2D eigenvalue weighted by molar-refractivity contribution is 9.10. The molecule has 0 saturated carbocycles. The van der Waals surface area contributed by atoms with E-state index in [2.05, 4.69) is 58.8 Å². The molecular formula is C13H23BrN4. The molecule has 4 nitrogen and oxygen atoms in total. The Morgan fingerprint density at radius 1 is 1.33 bits per heavy atom. The zero-order chi connectivity index (χ0) is 13.7. The Morgan fingerprint density at radius 3 is 2.44 bits per heavy atom. The fraction of sp³-hybridized carbons (Fsp3) is 0.615. The summed E-state index contributed by atoms with van der Waals surface area (Å²) in [4.78, 5) is 6.70. The van der Waals surface area contributed by atoms with Crippen molar-refractivity contribution in [3.63, 3.8) is 0 Å². The van der Waals surface area contributed by atoms with Gasteiger partial charge in [-0.3, -0.25) is 4.90 Å². The van der Waals surface area contributed by atoms with Crippen LogP contribution in [-0.4, -0.2) is 35.1 Å². The molecule has 0 amide bonds. The van der Waals surface area contributed by atoms with Gasteiger partial charge in [0.1, 0.15) is 5.82 Å². The van der Waals surface area contributed by atoms with Gasteiger partial charge >= 0.3 is 0 Å². The van der Waals surface area contributed by atoms with Crippen molar-refractivity contribution >= 4 is 27.4 Å². The van der Waals surface area contributed by atoms with E-state index in [4.69, 9.17) is 5.73 Å². The minimum Gasteiger partial charge on any atom is -0.396 e. The van der Waals surface area contributed by atoms with Gasteiger partial charge in [-0.15, -0.1) is 0 Å². The molecule has 0 unspecified atom stereocenters. The maximum absolute atomic E-state index is 5.89. The van der Waals surface area contributed by atoms with Gasteiger partial charge in [0.05, 0.1) is 5.69 Å². The van der Waals surface area contributed by atoms with E-state index in [0.29, 0.717) is 17.8 Å². The molecular weight excluding hydrogens is 292 g/mol. The van der Waals surface area contributed by atoms with Crippen LogP contribution in [0, 0.1) is 0 Å². The van der Waals surface area contributed by atoms with Crippen molar-refractivity contribution in [3.8, 4) is 0 Å². The summed E-state index contributed by atoms with van der Waals surface area (Å²) in [6.07, 6.45) is 1.75. The van der Waals surface area contributed by atoms with Gasteiger partial charge in [-0.25, -0.2) is 4.98 Å². The van der Waals surface area contributed by atoms with Crippen molar-refractivity contribution in [1.82, 2.24) is 9.88 Å². The van der Waals surface area contributed by atoms with Crippen LogP contribution in [0.5, 0.6) is 0 Å². The molecule has 0 radical (unpaired) electrons. The van der Waals surface area contributed by atoms with Crippen LogP contribution in [-0.2, 0) is 0 Å². The van der Waals surface area contributed by atoms with Crippen LogP contribution in [0.1, 0.15) is 27.7 Å². The molecule has 0 bridgehead atoms. The second-order valence-corrected chi connectivity index (χ2v) is 5.86. The van der Waals surface area contributed by atoms with Crippen LogP contribution in [0.3, 0.4) is 0 Å². The highest BCUT2D eigenvalue weighted by atomic mass is 79.9. The zero-order valence-corrected chi connectivity index (χ0v) is 13.2. The number of halogens is 1. The molecule has 1 heterocycles. The van der Waals surface area contributed by atoms with Crippen LogP contribution >= 0.6 is 15.9 Å².